The summed E-state index contributed by atoms with van der Waals surface area (Å²) in [5.41, 5.74) is -1.44. The van der Waals surface area contributed by atoms with E-state index in [0.29, 0.717) is 11.3 Å². The average Bonchev–Trinajstić information content (AvgIpc) is 2.72. The SMILES string of the molecule is C[C@]1(CO)O[C@H](Oc2ccc3ccc(=O)oc3c2)[C@@H](O)[C@@H]1O. The molecule has 2 heterocycles. The molecule has 22 heavy (non-hydrogen) atoms. The zero-order valence-electron chi connectivity index (χ0n) is 11.8. The highest BCUT2D eigenvalue weighted by atomic mass is 16.7. The van der Waals surface area contributed by atoms with Gasteiger partial charge in [-0.25, -0.2) is 4.79 Å². The zero-order valence-corrected chi connectivity index (χ0v) is 11.8. The predicted molar refractivity (Wildman–Crippen MR) is 75.5 cm³/mol. The first-order valence-corrected chi connectivity index (χ1v) is 6.78. The Balaban J connectivity index is 1.86. The Labute approximate surface area is 125 Å². The molecule has 0 saturated carbocycles. The number of hydrogen-bond donors (Lipinski definition) is 3. The van der Waals surface area contributed by atoms with E-state index < -0.39 is 36.3 Å². The van der Waals surface area contributed by atoms with E-state index in [2.05, 4.69) is 0 Å². The van der Waals surface area contributed by atoms with E-state index in [1.807, 2.05) is 0 Å². The normalized spacial score (nSPS) is 31.5. The van der Waals surface area contributed by atoms with E-state index in [1.165, 1.54) is 19.1 Å². The zero-order chi connectivity index (χ0) is 15.9. The van der Waals surface area contributed by atoms with Gasteiger partial charge in [0.2, 0.25) is 6.29 Å². The molecule has 1 aliphatic heterocycles. The third-order valence-electron chi connectivity index (χ3n) is 3.77. The smallest absolute Gasteiger partial charge is 0.336 e. The Morgan fingerprint density at radius 3 is 2.68 bits per heavy atom. The molecule has 0 unspecified atom stereocenters. The van der Waals surface area contributed by atoms with Crippen LogP contribution in [0.5, 0.6) is 5.75 Å². The van der Waals surface area contributed by atoms with Gasteiger partial charge in [-0.2, -0.15) is 0 Å². The molecule has 1 saturated heterocycles. The van der Waals surface area contributed by atoms with Crippen molar-refractivity contribution in [1.82, 2.24) is 0 Å². The van der Waals surface area contributed by atoms with Crippen LogP contribution in [-0.4, -0.2) is 46.0 Å². The minimum Gasteiger partial charge on any atom is -0.462 e. The Morgan fingerprint density at radius 1 is 1.27 bits per heavy atom. The Hall–Kier alpha value is -1.93. The molecular formula is C15H16O7. The van der Waals surface area contributed by atoms with E-state index >= 15 is 0 Å². The average molecular weight is 308 g/mol. The van der Waals surface area contributed by atoms with E-state index in [4.69, 9.17) is 13.9 Å². The first-order chi connectivity index (χ1) is 10.4. The number of aliphatic hydroxyl groups excluding tert-OH is 3. The van der Waals surface area contributed by atoms with Crippen LogP contribution in [0.15, 0.2) is 39.5 Å². The van der Waals surface area contributed by atoms with Crippen LogP contribution >= 0.6 is 0 Å². The molecule has 0 aliphatic carbocycles. The van der Waals surface area contributed by atoms with E-state index in [-0.39, 0.29) is 0 Å². The molecule has 2 aromatic rings. The van der Waals surface area contributed by atoms with Gasteiger partial charge in [0, 0.05) is 17.5 Å². The maximum absolute atomic E-state index is 11.2. The summed E-state index contributed by atoms with van der Waals surface area (Å²) in [5, 5.41) is 29.8. The van der Waals surface area contributed by atoms with Gasteiger partial charge in [0.25, 0.3) is 0 Å². The van der Waals surface area contributed by atoms with Gasteiger partial charge in [-0.15, -0.1) is 0 Å². The van der Waals surface area contributed by atoms with Gasteiger partial charge in [-0.3, -0.25) is 0 Å². The number of fused-ring (bicyclic) bond motifs is 1. The number of ether oxygens (including phenoxy) is 2. The van der Waals surface area contributed by atoms with Crippen LogP contribution < -0.4 is 10.4 Å². The van der Waals surface area contributed by atoms with Crippen LogP contribution in [0, 0.1) is 0 Å². The molecule has 3 N–H and O–H groups in total. The maximum Gasteiger partial charge on any atom is 0.336 e. The van der Waals surface area contributed by atoms with Crippen molar-refractivity contribution in [2.45, 2.75) is 31.0 Å². The summed E-state index contributed by atoms with van der Waals surface area (Å²) < 4.78 is 15.9. The summed E-state index contributed by atoms with van der Waals surface area (Å²) in [6, 6.07) is 7.75. The molecule has 3 rings (SSSR count). The summed E-state index contributed by atoms with van der Waals surface area (Å²) in [4.78, 5) is 11.2. The largest absolute Gasteiger partial charge is 0.462 e. The minimum absolute atomic E-state index is 0.306. The highest BCUT2D eigenvalue weighted by molar-refractivity contribution is 5.77. The van der Waals surface area contributed by atoms with Crippen molar-refractivity contribution in [2.24, 2.45) is 0 Å². The highest BCUT2D eigenvalue weighted by Crippen LogP contribution is 2.32. The molecule has 7 nitrogen and oxygen atoms in total. The Kier molecular flexibility index (Phi) is 3.65. The second kappa shape index (κ2) is 5.36. The van der Waals surface area contributed by atoms with E-state index in [1.54, 1.807) is 18.2 Å². The standard InChI is InChI=1S/C15H16O7/c1-15(7-16)13(19)12(18)14(22-15)20-9-4-2-8-3-5-11(17)21-10(8)6-9/h2-6,12-14,16,18-19H,7H2,1H3/t12-,13-,14-,15+/m0/s1. The summed E-state index contributed by atoms with van der Waals surface area (Å²) in [5.74, 6) is 0.306. The number of aliphatic hydroxyl groups is 3. The van der Waals surface area contributed by atoms with Crippen LogP contribution in [0.25, 0.3) is 11.0 Å². The molecule has 0 radical (unpaired) electrons. The molecule has 0 amide bonds. The molecule has 1 aromatic heterocycles. The van der Waals surface area contributed by atoms with Crippen molar-refractivity contribution in [3.05, 3.63) is 40.8 Å². The third-order valence-corrected chi connectivity index (χ3v) is 3.77. The number of hydrogen-bond acceptors (Lipinski definition) is 7. The van der Waals surface area contributed by atoms with Crippen molar-refractivity contribution in [2.75, 3.05) is 6.61 Å². The first-order valence-electron chi connectivity index (χ1n) is 6.78. The molecule has 0 spiro atoms. The van der Waals surface area contributed by atoms with Gasteiger partial charge in [-0.05, 0) is 25.1 Å². The summed E-state index contributed by atoms with van der Waals surface area (Å²) in [7, 11) is 0. The summed E-state index contributed by atoms with van der Waals surface area (Å²) in [6.45, 7) is 1.02. The quantitative estimate of drug-likeness (QED) is 0.685. The lowest BCUT2D eigenvalue weighted by Gasteiger charge is -2.24. The van der Waals surface area contributed by atoms with Crippen molar-refractivity contribution in [1.29, 1.82) is 0 Å². The van der Waals surface area contributed by atoms with Crippen LogP contribution in [0.1, 0.15) is 6.92 Å². The topological polar surface area (TPSA) is 109 Å². The molecule has 7 heteroatoms. The summed E-state index contributed by atoms with van der Waals surface area (Å²) >= 11 is 0. The van der Waals surface area contributed by atoms with Gasteiger partial charge in [-0.1, -0.05) is 0 Å². The molecule has 118 valence electrons. The maximum atomic E-state index is 11.2. The predicted octanol–water partition coefficient (Wildman–Crippen LogP) is 0.000900. The van der Waals surface area contributed by atoms with Gasteiger partial charge in [0.1, 0.15) is 29.1 Å². The fourth-order valence-corrected chi connectivity index (χ4v) is 2.39. The lowest BCUT2D eigenvalue weighted by atomic mass is 9.99. The fourth-order valence-electron chi connectivity index (χ4n) is 2.39. The van der Waals surface area contributed by atoms with Crippen molar-refractivity contribution >= 4 is 11.0 Å². The molecule has 0 bridgehead atoms. The van der Waals surface area contributed by atoms with Crippen LogP contribution in [0.4, 0.5) is 0 Å². The second-order valence-electron chi connectivity index (χ2n) is 5.46. The lowest BCUT2D eigenvalue weighted by molar-refractivity contribution is -0.154. The minimum atomic E-state index is -1.31. The molecule has 1 fully saturated rings. The molecule has 1 aliphatic rings. The monoisotopic (exact) mass is 308 g/mol. The first kappa shape index (κ1) is 15.0. The van der Waals surface area contributed by atoms with Crippen molar-refractivity contribution in [3.63, 3.8) is 0 Å². The molecule has 4 atom stereocenters. The van der Waals surface area contributed by atoms with Crippen LogP contribution in [0.3, 0.4) is 0 Å². The molecule has 1 aromatic carbocycles. The fraction of sp³-hybridized carbons (Fsp3) is 0.400. The van der Waals surface area contributed by atoms with Gasteiger partial charge in [0.15, 0.2) is 0 Å². The van der Waals surface area contributed by atoms with Gasteiger partial charge >= 0.3 is 5.63 Å². The lowest BCUT2D eigenvalue weighted by Crippen LogP contribution is -2.43. The van der Waals surface area contributed by atoms with Crippen LogP contribution in [0.2, 0.25) is 0 Å². The van der Waals surface area contributed by atoms with E-state index in [9.17, 15) is 20.1 Å². The van der Waals surface area contributed by atoms with Gasteiger partial charge < -0.3 is 29.2 Å². The van der Waals surface area contributed by atoms with Crippen molar-refractivity contribution in [3.8, 4) is 5.75 Å². The number of rotatable bonds is 3. The second-order valence-corrected chi connectivity index (χ2v) is 5.46. The van der Waals surface area contributed by atoms with Crippen molar-refractivity contribution < 1.29 is 29.2 Å². The van der Waals surface area contributed by atoms with Gasteiger partial charge in [0.05, 0.1) is 6.61 Å². The Bertz CT molecular complexity index is 740. The third kappa shape index (κ3) is 2.48. The highest BCUT2D eigenvalue weighted by Gasteiger charge is 2.52. The summed E-state index contributed by atoms with van der Waals surface area (Å²) in [6.07, 6.45) is -3.73. The van der Waals surface area contributed by atoms with E-state index in [0.717, 1.165) is 5.39 Å². The number of benzene rings is 1. The molecular weight excluding hydrogens is 292 g/mol. The Morgan fingerprint density at radius 2 is 2.00 bits per heavy atom. The van der Waals surface area contributed by atoms with Crippen LogP contribution in [-0.2, 0) is 4.74 Å².